The summed E-state index contributed by atoms with van der Waals surface area (Å²) in [6.45, 7) is 4.91. The van der Waals surface area contributed by atoms with E-state index in [1.807, 2.05) is 0 Å². The molecule has 0 unspecified atom stereocenters. The molecule has 0 aliphatic carbocycles. The second-order valence-corrected chi connectivity index (χ2v) is 2.98. The van der Waals surface area contributed by atoms with Crippen LogP contribution in [0.3, 0.4) is 0 Å². The summed E-state index contributed by atoms with van der Waals surface area (Å²) in [7, 11) is 0. The molecule has 0 aromatic carbocycles. The monoisotopic (exact) mass is 214 g/mol. The third-order valence-electron chi connectivity index (χ3n) is 2.36. The zero-order chi connectivity index (χ0) is 6.10. The van der Waals surface area contributed by atoms with Crippen LogP contribution in [-0.4, -0.2) is 37.1 Å². The average Bonchev–Trinajstić information content (AvgIpc) is 2.21. The van der Waals surface area contributed by atoms with Crippen molar-refractivity contribution in [3.05, 3.63) is 5.32 Å². The molecule has 3 heteroatoms. The maximum Gasteiger partial charge on any atom is 0 e. The number of hydrogen-bond donors (Lipinski definition) is 0. The van der Waals surface area contributed by atoms with E-state index in [9.17, 15) is 0 Å². The van der Waals surface area contributed by atoms with Crippen LogP contribution in [0.2, 0.25) is 0 Å². The van der Waals surface area contributed by atoms with Gasteiger partial charge in [0, 0.05) is 32.7 Å². The topological polar surface area (TPSA) is 17.3 Å². The van der Waals surface area contributed by atoms with Gasteiger partial charge in [0.05, 0.1) is 0 Å². The molecule has 0 aromatic rings. The number of nitrogens with zero attached hydrogens (tertiary/aromatic N) is 2. The molecular weight excluding hydrogens is 201 g/mol. The maximum atomic E-state index is 4.54. The molecule has 0 atom stereocenters. The van der Waals surface area contributed by atoms with Crippen LogP contribution in [0, 0.1) is 0 Å². The van der Waals surface area contributed by atoms with Crippen LogP contribution in [0.5, 0.6) is 0 Å². The predicted molar refractivity (Wildman–Crippen MR) is 37.7 cm³/mol. The first-order valence-corrected chi connectivity index (χ1v) is 3.84. The molecule has 55 valence electrons. The molecule has 0 saturated carbocycles. The van der Waals surface area contributed by atoms with Crippen molar-refractivity contribution in [1.29, 1.82) is 0 Å². The Morgan fingerprint density at radius 2 is 1.80 bits per heavy atom. The molecule has 1 radical (unpaired) electrons. The van der Waals surface area contributed by atoms with E-state index in [4.69, 9.17) is 0 Å². The van der Waals surface area contributed by atoms with Crippen molar-refractivity contribution in [1.82, 2.24) is 4.90 Å². The van der Waals surface area contributed by atoms with Gasteiger partial charge in [-0.2, -0.15) is 0 Å². The molecule has 2 bridgehead atoms. The molecular formula is C7H13N2Y-. The van der Waals surface area contributed by atoms with Gasteiger partial charge in [0.1, 0.15) is 0 Å². The minimum Gasteiger partial charge on any atom is -0.658 e. The van der Waals surface area contributed by atoms with E-state index in [2.05, 4.69) is 10.2 Å². The van der Waals surface area contributed by atoms with Gasteiger partial charge in [0.15, 0.2) is 0 Å². The molecule has 3 rings (SSSR count). The molecule has 10 heavy (non-hydrogen) atoms. The summed E-state index contributed by atoms with van der Waals surface area (Å²) in [5.74, 6) is 0. The second kappa shape index (κ2) is 4.15. The van der Waals surface area contributed by atoms with Gasteiger partial charge in [-0.3, -0.25) is 0 Å². The smallest absolute Gasteiger partial charge is 0 e. The minimum absolute atomic E-state index is 0. The van der Waals surface area contributed by atoms with E-state index in [-0.39, 0.29) is 32.7 Å². The number of rotatable bonds is 0. The first kappa shape index (κ1) is 9.11. The molecule has 0 amide bonds. The van der Waals surface area contributed by atoms with Crippen molar-refractivity contribution in [2.75, 3.05) is 26.2 Å². The summed E-state index contributed by atoms with van der Waals surface area (Å²) in [5.41, 5.74) is 0. The van der Waals surface area contributed by atoms with Crippen LogP contribution in [0.15, 0.2) is 0 Å². The zero-order valence-electron chi connectivity index (χ0n) is 6.29. The molecule has 3 aliphatic rings. The van der Waals surface area contributed by atoms with Crippen LogP contribution in [0.25, 0.3) is 5.32 Å². The van der Waals surface area contributed by atoms with E-state index in [0.29, 0.717) is 0 Å². The fourth-order valence-corrected chi connectivity index (χ4v) is 1.71. The second-order valence-electron chi connectivity index (χ2n) is 2.98. The SMILES string of the molecule is C1CN2CCC(CC2)[N-]1.[Y]. The van der Waals surface area contributed by atoms with E-state index < -0.39 is 0 Å². The Morgan fingerprint density at radius 3 is 2.50 bits per heavy atom. The number of hydrogen-bond acceptors (Lipinski definition) is 1. The van der Waals surface area contributed by atoms with Gasteiger partial charge in [-0.15, -0.1) is 12.6 Å². The average molecular weight is 214 g/mol. The largest absolute Gasteiger partial charge is 0.658 e. The Hall–Kier alpha value is 1.02. The Labute approximate surface area is 87.6 Å². The predicted octanol–water partition coefficient (Wildman–Crippen LogP) is 0.836. The van der Waals surface area contributed by atoms with Crippen molar-refractivity contribution in [2.24, 2.45) is 0 Å². The van der Waals surface area contributed by atoms with Gasteiger partial charge in [-0.1, -0.05) is 12.8 Å². The minimum atomic E-state index is 0. The summed E-state index contributed by atoms with van der Waals surface area (Å²) in [5, 5.41) is 4.54. The van der Waals surface area contributed by atoms with E-state index >= 15 is 0 Å². The fraction of sp³-hybridized carbons (Fsp3) is 1.00. The first-order valence-electron chi connectivity index (χ1n) is 3.84. The summed E-state index contributed by atoms with van der Waals surface area (Å²) in [4.78, 5) is 2.52. The molecule has 0 N–H and O–H groups in total. The molecule has 3 aliphatic heterocycles. The normalized spacial score (nSPS) is 38.4. The van der Waals surface area contributed by atoms with Gasteiger partial charge >= 0.3 is 0 Å². The summed E-state index contributed by atoms with van der Waals surface area (Å²) < 4.78 is 0. The van der Waals surface area contributed by atoms with Gasteiger partial charge in [0.25, 0.3) is 0 Å². The summed E-state index contributed by atoms with van der Waals surface area (Å²) in [6.07, 6.45) is 2.64. The molecule has 3 saturated heterocycles. The molecule has 0 aromatic heterocycles. The van der Waals surface area contributed by atoms with Crippen molar-refractivity contribution < 1.29 is 32.7 Å². The van der Waals surface area contributed by atoms with Gasteiger partial charge < -0.3 is 10.2 Å². The zero-order valence-corrected chi connectivity index (χ0v) is 9.13. The van der Waals surface area contributed by atoms with Crippen LogP contribution >= 0.6 is 0 Å². The third kappa shape index (κ3) is 2.00. The number of piperidine rings is 1. The molecule has 0 spiro atoms. The molecule has 2 nitrogen and oxygen atoms in total. The van der Waals surface area contributed by atoms with Gasteiger partial charge in [0.2, 0.25) is 0 Å². The van der Waals surface area contributed by atoms with E-state index in [1.54, 1.807) is 0 Å². The van der Waals surface area contributed by atoms with Gasteiger partial charge in [-0.25, -0.2) is 0 Å². The van der Waals surface area contributed by atoms with Crippen molar-refractivity contribution >= 4 is 0 Å². The third-order valence-corrected chi connectivity index (χ3v) is 2.36. The quantitative estimate of drug-likeness (QED) is 0.584. The first-order chi connectivity index (χ1) is 4.45. The van der Waals surface area contributed by atoms with Crippen LogP contribution in [0.1, 0.15) is 12.8 Å². The Kier molecular flexibility index (Phi) is 3.78. The fourth-order valence-electron chi connectivity index (χ4n) is 1.71. The van der Waals surface area contributed by atoms with E-state index in [0.717, 1.165) is 12.6 Å². The molecule has 3 heterocycles. The van der Waals surface area contributed by atoms with Crippen molar-refractivity contribution in [3.63, 3.8) is 0 Å². The van der Waals surface area contributed by atoms with Crippen LogP contribution in [-0.2, 0) is 32.7 Å². The maximum absolute atomic E-state index is 4.54. The number of fused-ring (bicyclic) bond motifs is 4. The Morgan fingerprint density at radius 1 is 1.10 bits per heavy atom. The van der Waals surface area contributed by atoms with Crippen molar-refractivity contribution in [2.45, 2.75) is 18.9 Å². The molecule has 3 fully saturated rings. The van der Waals surface area contributed by atoms with Crippen LogP contribution in [0.4, 0.5) is 0 Å². The van der Waals surface area contributed by atoms with Crippen LogP contribution < -0.4 is 0 Å². The van der Waals surface area contributed by atoms with Crippen molar-refractivity contribution in [3.8, 4) is 0 Å². The summed E-state index contributed by atoms with van der Waals surface area (Å²) >= 11 is 0. The Bertz CT molecular complexity index is 82.3. The van der Waals surface area contributed by atoms with E-state index in [1.165, 1.54) is 32.5 Å². The summed E-state index contributed by atoms with van der Waals surface area (Å²) in [6, 6.07) is 0.726. The Balaban J connectivity index is 0.000000500. The standard InChI is InChI=1S/C7H13N2.Y/c1-4-9-5-2-7(1)8-3-6-9;/h7H,1-6H2;/q-1;. The van der Waals surface area contributed by atoms with Gasteiger partial charge in [-0.05, 0) is 19.6 Å².